The Kier molecular flexibility index (Phi) is 6.47. The molecule has 0 aliphatic carbocycles. The normalized spacial score (nSPS) is 20.0. The van der Waals surface area contributed by atoms with E-state index in [2.05, 4.69) is 10.2 Å². The molecule has 1 aromatic carbocycles. The Morgan fingerprint density at radius 3 is 2.87 bits per heavy atom. The summed E-state index contributed by atoms with van der Waals surface area (Å²) in [6.45, 7) is 4.25. The van der Waals surface area contributed by atoms with E-state index >= 15 is 0 Å². The number of nitrogens with one attached hydrogen (secondary N) is 1. The average molecular weight is 335 g/mol. The second-order valence-electron chi connectivity index (χ2n) is 6.00. The van der Waals surface area contributed by atoms with Crippen LogP contribution in [0, 0.1) is 5.92 Å². The molecule has 0 bridgehead atoms. The Labute approximate surface area is 142 Å². The molecule has 6 heteroatoms. The van der Waals surface area contributed by atoms with Crippen LogP contribution in [0.15, 0.2) is 24.3 Å². The van der Waals surface area contributed by atoms with E-state index in [9.17, 15) is 9.59 Å². The van der Waals surface area contributed by atoms with Gasteiger partial charge in [0.25, 0.3) is 0 Å². The van der Waals surface area contributed by atoms with Crippen LogP contribution in [-0.4, -0.2) is 41.3 Å². The summed E-state index contributed by atoms with van der Waals surface area (Å²) >= 11 is 1.52. The minimum atomic E-state index is -0.218. The Balaban J connectivity index is 2.05. The fourth-order valence-electron chi connectivity index (χ4n) is 2.79. The first-order valence-corrected chi connectivity index (χ1v) is 9.23. The predicted molar refractivity (Wildman–Crippen MR) is 95.2 cm³/mol. The highest BCUT2D eigenvalue weighted by molar-refractivity contribution is 7.99. The van der Waals surface area contributed by atoms with Crippen LogP contribution in [0.4, 0.5) is 5.69 Å². The average Bonchev–Trinajstić information content (AvgIpc) is 2.56. The highest BCUT2D eigenvalue weighted by Crippen LogP contribution is 2.22. The van der Waals surface area contributed by atoms with Crippen LogP contribution in [0.1, 0.15) is 25.3 Å². The number of amides is 2. The number of nitrogens with two attached hydrogens (primary N) is 1. The van der Waals surface area contributed by atoms with Crippen molar-refractivity contribution in [2.75, 3.05) is 24.7 Å². The van der Waals surface area contributed by atoms with Crippen molar-refractivity contribution in [1.29, 1.82) is 0 Å². The van der Waals surface area contributed by atoms with Gasteiger partial charge >= 0.3 is 0 Å². The molecule has 3 N–H and O–H groups in total. The molecule has 1 heterocycles. The monoisotopic (exact) mass is 335 g/mol. The molecular weight excluding hydrogens is 310 g/mol. The third-order valence-electron chi connectivity index (χ3n) is 4.30. The topological polar surface area (TPSA) is 75.4 Å². The molecule has 23 heavy (non-hydrogen) atoms. The molecule has 0 aromatic heterocycles. The van der Waals surface area contributed by atoms with Gasteiger partial charge in [0, 0.05) is 18.8 Å². The Bertz CT molecular complexity index is 565. The first kappa shape index (κ1) is 17.8. The van der Waals surface area contributed by atoms with Crippen LogP contribution in [0.5, 0.6) is 0 Å². The lowest BCUT2D eigenvalue weighted by atomic mass is 9.97. The van der Waals surface area contributed by atoms with Crippen molar-refractivity contribution in [3.05, 3.63) is 29.8 Å². The predicted octanol–water partition coefficient (Wildman–Crippen LogP) is 2.07. The number of likely N-dealkylation sites (tertiary alicyclic amines) is 1. The number of hydrogen-bond donors (Lipinski definition) is 2. The molecule has 1 aliphatic rings. The maximum absolute atomic E-state index is 12.1. The van der Waals surface area contributed by atoms with E-state index in [0.717, 1.165) is 30.6 Å². The molecule has 2 amide bonds. The highest BCUT2D eigenvalue weighted by Gasteiger charge is 2.24. The summed E-state index contributed by atoms with van der Waals surface area (Å²) in [6, 6.07) is 7.84. The van der Waals surface area contributed by atoms with Crippen LogP contribution in [-0.2, 0) is 16.1 Å². The second kappa shape index (κ2) is 8.36. The van der Waals surface area contributed by atoms with Gasteiger partial charge in [0.05, 0.1) is 11.2 Å². The number of benzene rings is 1. The minimum Gasteiger partial charge on any atom is -0.369 e. The number of nitrogens with zero attached hydrogens (tertiary/aromatic N) is 1. The second-order valence-corrected chi connectivity index (χ2v) is 7.18. The van der Waals surface area contributed by atoms with Crippen molar-refractivity contribution >= 4 is 29.3 Å². The fraction of sp³-hybridized carbons (Fsp3) is 0.529. The fourth-order valence-corrected chi connectivity index (χ4v) is 3.07. The summed E-state index contributed by atoms with van der Waals surface area (Å²) in [5.41, 5.74) is 7.36. The van der Waals surface area contributed by atoms with Crippen LogP contribution >= 0.6 is 11.8 Å². The van der Waals surface area contributed by atoms with Crippen LogP contribution in [0.2, 0.25) is 0 Å². The Morgan fingerprint density at radius 1 is 1.43 bits per heavy atom. The van der Waals surface area contributed by atoms with Gasteiger partial charge in [-0.05, 0) is 44.2 Å². The number of para-hydroxylation sites is 1. The third-order valence-corrected chi connectivity index (χ3v) is 5.22. The zero-order valence-corrected chi connectivity index (χ0v) is 14.6. The van der Waals surface area contributed by atoms with E-state index in [1.165, 1.54) is 11.8 Å². The van der Waals surface area contributed by atoms with E-state index < -0.39 is 0 Å². The SMILES string of the molecule is CS[C@@H](C)C(=O)Nc1ccccc1CN1CCC[C@H](C(N)=O)C1. The molecule has 0 saturated carbocycles. The van der Waals surface area contributed by atoms with Gasteiger partial charge < -0.3 is 11.1 Å². The molecule has 2 atom stereocenters. The van der Waals surface area contributed by atoms with Crippen LogP contribution in [0.3, 0.4) is 0 Å². The van der Waals surface area contributed by atoms with Crippen molar-refractivity contribution in [3.8, 4) is 0 Å². The quantitative estimate of drug-likeness (QED) is 0.834. The Hall–Kier alpha value is -1.53. The molecule has 1 aromatic rings. The molecule has 1 saturated heterocycles. The lowest BCUT2D eigenvalue weighted by molar-refractivity contribution is -0.123. The molecule has 5 nitrogen and oxygen atoms in total. The van der Waals surface area contributed by atoms with Crippen molar-refractivity contribution in [3.63, 3.8) is 0 Å². The number of primary amides is 1. The van der Waals surface area contributed by atoms with E-state index in [1.54, 1.807) is 0 Å². The minimum absolute atomic E-state index is 0.0126. The number of anilines is 1. The molecule has 0 unspecified atom stereocenters. The molecule has 2 rings (SSSR count). The first-order valence-electron chi connectivity index (χ1n) is 7.94. The number of carbonyl (C=O) groups excluding carboxylic acids is 2. The molecular formula is C17H25N3O2S. The molecule has 126 valence electrons. The number of thioether (sulfide) groups is 1. The summed E-state index contributed by atoms with van der Waals surface area (Å²) in [4.78, 5) is 25.8. The van der Waals surface area contributed by atoms with Crippen molar-refractivity contribution in [2.45, 2.75) is 31.6 Å². The molecule has 1 fully saturated rings. The molecule has 0 radical (unpaired) electrons. The number of rotatable bonds is 6. The van der Waals surface area contributed by atoms with Gasteiger partial charge in [-0.3, -0.25) is 14.5 Å². The van der Waals surface area contributed by atoms with Crippen LogP contribution in [0.25, 0.3) is 0 Å². The van der Waals surface area contributed by atoms with Gasteiger partial charge in [0.15, 0.2) is 0 Å². The number of hydrogen-bond acceptors (Lipinski definition) is 4. The van der Waals surface area contributed by atoms with Crippen LogP contribution < -0.4 is 11.1 Å². The highest BCUT2D eigenvalue weighted by atomic mass is 32.2. The van der Waals surface area contributed by atoms with E-state index in [4.69, 9.17) is 5.73 Å². The molecule has 0 spiro atoms. The van der Waals surface area contributed by atoms with E-state index in [1.807, 2.05) is 37.4 Å². The summed E-state index contributed by atoms with van der Waals surface area (Å²) in [5.74, 6) is -0.272. The van der Waals surface area contributed by atoms with E-state index in [-0.39, 0.29) is 23.0 Å². The van der Waals surface area contributed by atoms with Gasteiger partial charge in [-0.2, -0.15) is 11.8 Å². The van der Waals surface area contributed by atoms with Crippen molar-refractivity contribution in [2.24, 2.45) is 11.7 Å². The lowest BCUT2D eigenvalue weighted by Gasteiger charge is -2.31. The van der Waals surface area contributed by atoms with Gasteiger partial charge in [-0.25, -0.2) is 0 Å². The third kappa shape index (κ3) is 4.97. The van der Waals surface area contributed by atoms with E-state index in [0.29, 0.717) is 13.1 Å². The molecule has 1 aliphatic heterocycles. The van der Waals surface area contributed by atoms with Gasteiger partial charge in [0.1, 0.15) is 0 Å². The van der Waals surface area contributed by atoms with Gasteiger partial charge in [0.2, 0.25) is 11.8 Å². The van der Waals surface area contributed by atoms with Gasteiger partial charge in [-0.1, -0.05) is 18.2 Å². The smallest absolute Gasteiger partial charge is 0.237 e. The van der Waals surface area contributed by atoms with Crippen molar-refractivity contribution in [1.82, 2.24) is 4.90 Å². The largest absolute Gasteiger partial charge is 0.369 e. The number of carbonyl (C=O) groups is 2. The zero-order valence-electron chi connectivity index (χ0n) is 13.7. The van der Waals surface area contributed by atoms with Crippen molar-refractivity contribution < 1.29 is 9.59 Å². The first-order chi connectivity index (χ1) is 11.0. The lowest BCUT2D eigenvalue weighted by Crippen LogP contribution is -2.40. The summed E-state index contributed by atoms with van der Waals surface area (Å²) < 4.78 is 0. The summed E-state index contributed by atoms with van der Waals surface area (Å²) in [7, 11) is 0. The summed E-state index contributed by atoms with van der Waals surface area (Å²) in [6.07, 6.45) is 3.77. The Morgan fingerprint density at radius 2 is 2.17 bits per heavy atom. The standard InChI is InChI=1S/C17H25N3O2S/c1-12(23-2)17(22)19-15-8-4-3-6-13(15)10-20-9-5-7-14(11-20)16(18)21/h3-4,6,8,12,14H,5,7,9-11H2,1-2H3,(H2,18,21)(H,19,22)/t12-,14-/m0/s1. The zero-order chi connectivity index (χ0) is 16.8. The van der Waals surface area contributed by atoms with Gasteiger partial charge in [-0.15, -0.1) is 0 Å². The maximum Gasteiger partial charge on any atom is 0.237 e. The number of piperidine rings is 1. The summed E-state index contributed by atoms with van der Waals surface area (Å²) in [5, 5.41) is 2.92. The maximum atomic E-state index is 12.1.